The maximum atomic E-state index is 7.90. The predicted molar refractivity (Wildman–Crippen MR) is 59.0 cm³/mol. The average Bonchev–Trinajstić information content (AvgIpc) is 2.31. The first-order chi connectivity index (χ1) is 7.36. The summed E-state index contributed by atoms with van der Waals surface area (Å²) in [6, 6.07) is 7.59. The molecular weight excluding hydrogens is 186 g/mol. The molecule has 0 saturated heterocycles. The molecule has 2 heterocycles. The van der Waals surface area contributed by atoms with Gasteiger partial charge in [0.25, 0.3) is 0 Å². The van der Waals surface area contributed by atoms with Crippen LogP contribution in [0.25, 0.3) is 0 Å². The van der Waals surface area contributed by atoms with Crippen LogP contribution < -0.4 is 0 Å². The van der Waals surface area contributed by atoms with Crippen LogP contribution in [0.5, 0.6) is 0 Å². The van der Waals surface area contributed by atoms with Crippen molar-refractivity contribution in [1.29, 1.82) is 5.41 Å². The fraction of sp³-hybridized carbons (Fsp3) is 0.0833. The molecular formula is C12H11N3. The standard InChI is InChI=1S/C12H11N3/c13-12(11-4-2-6-15-9-11)7-10-3-1-5-14-8-10/h1-6,8-9,13H,7H2. The first-order valence-corrected chi connectivity index (χ1v) is 4.73. The van der Waals surface area contributed by atoms with Crippen molar-refractivity contribution in [2.75, 3.05) is 0 Å². The van der Waals surface area contributed by atoms with Gasteiger partial charge in [-0.25, -0.2) is 0 Å². The molecule has 0 atom stereocenters. The monoisotopic (exact) mass is 197 g/mol. The Morgan fingerprint density at radius 3 is 2.40 bits per heavy atom. The van der Waals surface area contributed by atoms with Gasteiger partial charge in [0.1, 0.15) is 0 Å². The molecule has 0 aliphatic carbocycles. The Morgan fingerprint density at radius 2 is 1.80 bits per heavy atom. The number of hydrogen-bond acceptors (Lipinski definition) is 3. The van der Waals surface area contributed by atoms with Crippen LogP contribution in [-0.2, 0) is 6.42 Å². The van der Waals surface area contributed by atoms with E-state index in [1.54, 1.807) is 24.8 Å². The predicted octanol–water partition coefficient (Wildman–Crippen LogP) is 2.09. The third kappa shape index (κ3) is 2.47. The Labute approximate surface area is 88.3 Å². The highest BCUT2D eigenvalue weighted by Crippen LogP contribution is 2.04. The van der Waals surface area contributed by atoms with Crippen molar-refractivity contribution in [1.82, 2.24) is 9.97 Å². The van der Waals surface area contributed by atoms with E-state index in [9.17, 15) is 0 Å². The maximum absolute atomic E-state index is 7.90. The molecule has 3 heteroatoms. The molecule has 0 spiro atoms. The summed E-state index contributed by atoms with van der Waals surface area (Å²) in [6.07, 6.45) is 7.53. The van der Waals surface area contributed by atoms with Crippen molar-refractivity contribution in [2.45, 2.75) is 6.42 Å². The second-order valence-corrected chi connectivity index (χ2v) is 3.26. The summed E-state index contributed by atoms with van der Waals surface area (Å²) in [5, 5.41) is 7.90. The van der Waals surface area contributed by atoms with Crippen molar-refractivity contribution in [3.63, 3.8) is 0 Å². The molecule has 0 aromatic carbocycles. The van der Waals surface area contributed by atoms with E-state index in [1.807, 2.05) is 24.3 Å². The molecule has 2 aromatic heterocycles. The summed E-state index contributed by atoms with van der Waals surface area (Å²) >= 11 is 0. The molecule has 1 N–H and O–H groups in total. The van der Waals surface area contributed by atoms with Crippen LogP contribution in [0.4, 0.5) is 0 Å². The van der Waals surface area contributed by atoms with Crippen LogP contribution in [0.2, 0.25) is 0 Å². The van der Waals surface area contributed by atoms with Crippen molar-refractivity contribution in [3.8, 4) is 0 Å². The molecule has 2 aromatic rings. The van der Waals surface area contributed by atoms with Gasteiger partial charge in [-0.15, -0.1) is 0 Å². The second-order valence-electron chi connectivity index (χ2n) is 3.26. The first kappa shape index (κ1) is 9.52. The lowest BCUT2D eigenvalue weighted by Crippen LogP contribution is -2.03. The van der Waals surface area contributed by atoms with Crippen LogP contribution in [0.3, 0.4) is 0 Å². The Balaban J connectivity index is 2.12. The number of pyridine rings is 2. The Hall–Kier alpha value is -2.03. The SMILES string of the molecule is N=C(Cc1cccnc1)c1cccnc1. The normalized spacial score (nSPS) is 9.87. The van der Waals surface area contributed by atoms with E-state index in [0.717, 1.165) is 11.1 Å². The zero-order chi connectivity index (χ0) is 10.5. The van der Waals surface area contributed by atoms with Gasteiger partial charge in [-0.3, -0.25) is 9.97 Å². The lowest BCUT2D eigenvalue weighted by molar-refractivity contribution is 1.19. The number of nitrogens with zero attached hydrogens (tertiary/aromatic N) is 2. The smallest absolute Gasteiger partial charge is 0.0446 e. The van der Waals surface area contributed by atoms with Gasteiger partial charge in [0.05, 0.1) is 0 Å². The first-order valence-electron chi connectivity index (χ1n) is 4.73. The van der Waals surface area contributed by atoms with Crippen molar-refractivity contribution >= 4 is 5.71 Å². The van der Waals surface area contributed by atoms with Gasteiger partial charge in [-0.05, 0) is 17.7 Å². The molecule has 0 saturated carbocycles. The highest BCUT2D eigenvalue weighted by Gasteiger charge is 2.02. The largest absolute Gasteiger partial charge is 0.304 e. The Kier molecular flexibility index (Phi) is 2.83. The van der Waals surface area contributed by atoms with E-state index in [2.05, 4.69) is 9.97 Å². The minimum Gasteiger partial charge on any atom is -0.304 e. The Bertz CT molecular complexity index is 437. The molecule has 0 unspecified atom stereocenters. The fourth-order valence-corrected chi connectivity index (χ4v) is 1.35. The zero-order valence-electron chi connectivity index (χ0n) is 8.22. The highest BCUT2D eigenvalue weighted by atomic mass is 14.6. The molecule has 0 bridgehead atoms. The summed E-state index contributed by atoms with van der Waals surface area (Å²) in [5.74, 6) is 0. The number of hydrogen-bond donors (Lipinski definition) is 1. The van der Waals surface area contributed by atoms with Crippen LogP contribution >= 0.6 is 0 Å². The van der Waals surface area contributed by atoms with Crippen LogP contribution in [0.1, 0.15) is 11.1 Å². The van der Waals surface area contributed by atoms with Gasteiger partial charge < -0.3 is 5.41 Å². The van der Waals surface area contributed by atoms with E-state index in [-0.39, 0.29) is 0 Å². The fourth-order valence-electron chi connectivity index (χ4n) is 1.35. The highest BCUT2D eigenvalue weighted by molar-refractivity contribution is 5.99. The number of aromatic nitrogens is 2. The summed E-state index contributed by atoms with van der Waals surface area (Å²) in [4.78, 5) is 8.01. The third-order valence-electron chi connectivity index (χ3n) is 2.11. The van der Waals surface area contributed by atoms with Crippen molar-refractivity contribution < 1.29 is 0 Å². The van der Waals surface area contributed by atoms with Gasteiger partial charge in [0.15, 0.2) is 0 Å². The van der Waals surface area contributed by atoms with E-state index in [0.29, 0.717) is 12.1 Å². The quantitative estimate of drug-likeness (QED) is 0.766. The maximum Gasteiger partial charge on any atom is 0.0446 e. The van der Waals surface area contributed by atoms with Crippen LogP contribution in [0, 0.1) is 5.41 Å². The van der Waals surface area contributed by atoms with E-state index < -0.39 is 0 Å². The van der Waals surface area contributed by atoms with Gasteiger partial charge in [0.2, 0.25) is 0 Å². The zero-order valence-corrected chi connectivity index (χ0v) is 8.22. The topological polar surface area (TPSA) is 49.6 Å². The summed E-state index contributed by atoms with van der Waals surface area (Å²) in [5.41, 5.74) is 2.48. The van der Waals surface area contributed by atoms with Crippen LogP contribution in [0.15, 0.2) is 49.1 Å². The molecule has 0 amide bonds. The summed E-state index contributed by atoms with van der Waals surface area (Å²) in [7, 11) is 0. The van der Waals surface area contributed by atoms with Gasteiger partial charge in [-0.1, -0.05) is 12.1 Å². The molecule has 0 aliphatic heterocycles. The lowest BCUT2D eigenvalue weighted by atomic mass is 10.1. The minimum atomic E-state index is 0.566. The lowest BCUT2D eigenvalue weighted by Gasteiger charge is -2.02. The molecule has 15 heavy (non-hydrogen) atoms. The molecule has 0 radical (unpaired) electrons. The van der Waals surface area contributed by atoms with Gasteiger partial charge >= 0.3 is 0 Å². The van der Waals surface area contributed by atoms with E-state index >= 15 is 0 Å². The molecule has 0 fully saturated rings. The third-order valence-corrected chi connectivity index (χ3v) is 2.11. The molecule has 0 aliphatic rings. The van der Waals surface area contributed by atoms with Crippen molar-refractivity contribution in [3.05, 3.63) is 60.2 Å². The minimum absolute atomic E-state index is 0.566. The second kappa shape index (κ2) is 4.46. The van der Waals surface area contributed by atoms with Crippen LogP contribution in [-0.4, -0.2) is 15.7 Å². The van der Waals surface area contributed by atoms with Gasteiger partial charge in [-0.2, -0.15) is 0 Å². The summed E-state index contributed by atoms with van der Waals surface area (Å²) < 4.78 is 0. The van der Waals surface area contributed by atoms with E-state index in [1.165, 1.54) is 0 Å². The number of rotatable bonds is 3. The van der Waals surface area contributed by atoms with Crippen molar-refractivity contribution in [2.24, 2.45) is 0 Å². The number of nitrogens with one attached hydrogen (secondary N) is 1. The Morgan fingerprint density at radius 1 is 1.07 bits per heavy atom. The molecule has 2 rings (SSSR count). The summed E-state index contributed by atoms with van der Waals surface area (Å²) in [6.45, 7) is 0. The van der Waals surface area contributed by atoms with E-state index in [4.69, 9.17) is 5.41 Å². The van der Waals surface area contributed by atoms with Gasteiger partial charge in [0, 0.05) is 42.5 Å². The average molecular weight is 197 g/mol. The molecule has 3 nitrogen and oxygen atoms in total. The molecule has 74 valence electrons.